The SMILES string of the molecule is CCOc1ccc(Br)cc1S(=O)(=O)N[C@@H](C)CCCN(CC)CC. The number of rotatable bonds is 11. The molecule has 1 rings (SSSR count). The van der Waals surface area contributed by atoms with Crippen molar-refractivity contribution in [2.75, 3.05) is 26.2 Å². The van der Waals surface area contributed by atoms with Crippen LogP contribution in [0.15, 0.2) is 27.6 Å². The number of hydrogen-bond acceptors (Lipinski definition) is 4. The van der Waals surface area contributed by atoms with Gasteiger partial charge in [0, 0.05) is 10.5 Å². The fourth-order valence-electron chi connectivity index (χ4n) is 2.51. The summed E-state index contributed by atoms with van der Waals surface area (Å²) in [6.45, 7) is 11.5. The molecule has 0 fully saturated rings. The molecule has 0 saturated carbocycles. The van der Waals surface area contributed by atoms with Crippen LogP contribution in [0.3, 0.4) is 0 Å². The van der Waals surface area contributed by atoms with Gasteiger partial charge in [-0.25, -0.2) is 13.1 Å². The van der Waals surface area contributed by atoms with Crippen LogP contribution in [0.1, 0.15) is 40.5 Å². The van der Waals surface area contributed by atoms with E-state index in [1.54, 1.807) is 18.2 Å². The van der Waals surface area contributed by atoms with Crippen molar-refractivity contribution in [1.29, 1.82) is 0 Å². The van der Waals surface area contributed by atoms with Crippen molar-refractivity contribution >= 4 is 26.0 Å². The number of nitrogens with zero attached hydrogens (tertiary/aromatic N) is 1. The van der Waals surface area contributed by atoms with Crippen LogP contribution in [-0.4, -0.2) is 45.6 Å². The Hall–Kier alpha value is -0.630. The van der Waals surface area contributed by atoms with Crippen LogP contribution < -0.4 is 9.46 Å². The quantitative estimate of drug-likeness (QED) is 0.593. The van der Waals surface area contributed by atoms with Crippen molar-refractivity contribution < 1.29 is 13.2 Å². The molecule has 0 aromatic heterocycles. The summed E-state index contributed by atoms with van der Waals surface area (Å²) in [4.78, 5) is 2.51. The van der Waals surface area contributed by atoms with Gasteiger partial charge in [-0.2, -0.15) is 0 Å². The van der Waals surface area contributed by atoms with Gasteiger partial charge >= 0.3 is 0 Å². The van der Waals surface area contributed by atoms with Gasteiger partial charge in [-0.1, -0.05) is 29.8 Å². The zero-order valence-electron chi connectivity index (χ0n) is 15.0. The van der Waals surface area contributed by atoms with Crippen LogP contribution in [0.4, 0.5) is 0 Å². The molecule has 0 radical (unpaired) electrons. The topological polar surface area (TPSA) is 58.6 Å². The maximum absolute atomic E-state index is 12.7. The Kier molecular flexibility index (Phi) is 9.26. The van der Waals surface area contributed by atoms with Crippen molar-refractivity contribution in [2.45, 2.75) is 51.5 Å². The third-order valence-corrected chi connectivity index (χ3v) is 5.96. The fourth-order valence-corrected chi connectivity index (χ4v) is 4.48. The summed E-state index contributed by atoms with van der Waals surface area (Å²) in [5, 5.41) is 0. The zero-order valence-corrected chi connectivity index (χ0v) is 17.4. The molecule has 0 aliphatic rings. The average Bonchev–Trinajstić information content (AvgIpc) is 2.53. The second-order valence-electron chi connectivity index (χ2n) is 5.72. The largest absolute Gasteiger partial charge is 0.492 e. The van der Waals surface area contributed by atoms with E-state index in [4.69, 9.17) is 4.74 Å². The van der Waals surface area contributed by atoms with E-state index in [-0.39, 0.29) is 10.9 Å². The number of benzene rings is 1. The monoisotopic (exact) mass is 420 g/mol. The lowest BCUT2D eigenvalue weighted by atomic mass is 10.2. The Balaban J connectivity index is 2.73. The molecule has 0 saturated heterocycles. The standard InChI is InChI=1S/C17H29BrN2O3S/c1-5-20(6-2)12-8-9-14(4)19-24(21,22)17-13-15(18)10-11-16(17)23-7-3/h10-11,13-14,19H,5-9,12H2,1-4H3/t14-/m0/s1. The normalized spacial score (nSPS) is 13.2. The summed E-state index contributed by atoms with van der Waals surface area (Å²) in [7, 11) is -3.62. The summed E-state index contributed by atoms with van der Waals surface area (Å²) >= 11 is 3.33. The first-order valence-electron chi connectivity index (χ1n) is 8.51. The summed E-state index contributed by atoms with van der Waals surface area (Å²) in [5.41, 5.74) is 0. The Labute approximate surface area is 154 Å². The first-order valence-corrected chi connectivity index (χ1v) is 10.8. The highest BCUT2D eigenvalue weighted by molar-refractivity contribution is 9.10. The van der Waals surface area contributed by atoms with Crippen molar-refractivity contribution in [3.63, 3.8) is 0 Å². The molecule has 1 aromatic rings. The molecule has 5 nitrogen and oxygen atoms in total. The molecule has 0 aliphatic carbocycles. The summed E-state index contributed by atoms with van der Waals surface area (Å²) in [6.07, 6.45) is 1.76. The predicted octanol–water partition coefficient (Wildman–Crippen LogP) is 3.64. The fraction of sp³-hybridized carbons (Fsp3) is 0.647. The second kappa shape index (κ2) is 10.4. The Morgan fingerprint density at radius 3 is 2.50 bits per heavy atom. The molecule has 1 atom stereocenters. The van der Waals surface area contributed by atoms with E-state index in [9.17, 15) is 8.42 Å². The van der Waals surface area contributed by atoms with Gasteiger partial charge in [0.05, 0.1) is 6.61 Å². The van der Waals surface area contributed by atoms with E-state index in [0.717, 1.165) is 32.5 Å². The molecule has 0 aliphatic heterocycles. The van der Waals surface area contributed by atoms with Crippen molar-refractivity contribution in [2.24, 2.45) is 0 Å². The van der Waals surface area contributed by atoms with E-state index in [2.05, 4.69) is 39.4 Å². The second-order valence-corrected chi connectivity index (χ2v) is 8.31. The predicted molar refractivity (Wildman–Crippen MR) is 102 cm³/mol. The Morgan fingerprint density at radius 2 is 1.92 bits per heavy atom. The summed E-state index contributed by atoms with van der Waals surface area (Å²) in [6, 6.07) is 4.90. The highest BCUT2D eigenvalue weighted by Gasteiger charge is 2.22. The Morgan fingerprint density at radius 1 is 1.25 bits per heavy atom. The van der Waals surface area contributed by atoms with E-state index in [1.165, 1.54) is 0 Å². The molecule has 0 bridgehead atoms. The minimum atomic E-state index is -3.62. The molecular formula is C17H29BrN2O3S. The van der Waals surface area contributed by atoms with Crippen LogP contribution in [0.25, 0.3) is 0 Å². The van der Waals surface area contributed by atoms with Gasteiger partial charge in [-0.3, -0.25) is 0 Å². The van der Waals surface area contributed by atoms with E-state index >= 15 is 0 Å². The van der Waals surface area contributed by atoms with Crippen LogP contribution in [0, 0.1) is 0 Å². The third-order valence-electron chi connectivity index (χ3n) is 3.86. The number of nitrogens with one attached hydrogen (secondary N) is 1. The average molecular weight is 421 g/mol. The molecule has 0 heterocycles. The van der Waals surface area contributed by atoms with Gasteiger partial charge in [0.25, 0.3) is 0 Å². The minimum Gasteiger partial charge on any atom is -0.492 e. The molecular weight excluding hydrogens is 392 g/mol. The Bertz CT molecular complexity index is 604. The lowest BCUT2D eigenvalue weighted by Crippen LogP contribution is -2.34. The molecule has 0 spiro atoms. The lowest BCUT2D eigenvalue weighted by Gasteiger charge is -2.20. The van der Waals surface area contributed by atoms with Gasteiger partial charge in [0.1, 0.15) is 10.6 Å². The van der Waals surface area contributed by atoms with E-state index in [1.807, 2.05) is 13.8 Å². The molecule has 0 unspecified atom stereocenters. The maximum atomic E-state index is 12.7. The van der Waals surface area contributed by atoms with Crippen molar-refractivity contribution in [1.82, 2.24) is 9.62 Å². The van der Waals surface area contributed by atoms with Crippen LogP contribution in [0.5, 0.6) is 5.75 Å². The van der Waals surface area contributed by atoms with Gasteiger partial charge in [-0.15, -0.1) is 0 Å². The molecule has 0 amide bonds. The van der Waals surface area contributed by atoms with E-state index in [0.29, 0.717) is 16.8 Å². The maximum Gasteiger partial charge on any atom is 0.244 e. The number of sulfonamides is 1. The minimum absolute atomic E-state index is 0.126. The number of hydrogen-bond donors (Lipinski definition) is 1. The molecule has 1 N–H and O–H groups in total. The van der Waals surface area contributed by atoms with Gasteiger partial charge in [0.2, 0.25) is 10.0 Å². The summed E-state index contributed by atoms with van der Waals surface area (Å²) < 4.78 is 34.3. The van der Waals surface area contributed by atoms with Crippen LogP contribution >= 0.6 is 15.9 Å². The van der Waals surface area contributed by atoms with Gasteiger partial charge in [0.15, 0.2) is 0 Å². The molecule has 1 aromatic carbocycles. The molecule has 7 heteroatoms. The first-order chi connectivity index (χ1) is 11.3. The van der Waals surface area contributed by atoms with Crippen molar-refractivity contribution in [3.8, 4) is 5.75 Å². The van der Waals surface area contributed by atoms with Crippen LogP contribution in [0.2, 0.25) is 0 Å². The van der Waals surface area contributed by atoms with E-state index < -0.39 is 10.0 Å². The molecule has 138 valence electrons. The highest BCUT2D eigenvalue weighted by Crippen LogP contribution is 2.27. The summed E-state index contributed by atoms with van der Waals surface area (Å²) in [5.74, 6) is 0.378. The highest BCUT2D eigenvalue weighted by atomic mass is 79.9. The third kappa shape index (κ3) is 6.70. The van der Waals surface area contributed by atoms with Crippen LogP contribution in [-0.2, 0) is 10.0 Å². The zero-order chi connectivity index (χ0) is 18.2. The smallest absolute Gasteiger partial charge is 0.244 e. The number of halogens is 1. The van der Waals surface area contributed by atoms with Gasteiger partial charge in [-0.05, 0) is 64.5 Å². The van der Waals surface area contributed by atoms with Crippen molar-refractivity contribution in [3.05, 3.63) is 22.7 Å². The number of ether oxygens (including phenoxy) is 1. The molecule has 24 heavy (non-hydrogen) atoms. The van der Waals surface area contributed by atoms with Gasteiger partial charge < -0.3 is 9.64 Å². The first kappa shape index (κ1) is 21.4. The lowest BCUT2D eigenvalue weighted by molar-refractivity contribution is 0.293.